The number of nitrogens with one attached hydrogen (secondary N) is 2. The molecule has 0 spiro atoms. The van der Waals surface area contributed by atoms with E-state index in [1.807, 2.05) is 6.92 Å². The number of aryl methyl sites for hydroxylation is 1. The van der Waals surface area contributed by atoms with Gasteiger partial charge >= 0.3 is 0 Å². The highest BCUT2D eigenvalue weighted by molar-refractivity contribution is 7.84. The maximum atomic E-state index is 12.1. The molecule has 0 bridgehead atoms. The summed E-state index contributed by atoms with van der Waals surface area (Å²) in [4.78, 5) is 16.4. The number of nitrogen functional groups attached to an aromatic ring is 1. The minimum atomic E-state index is -0.869. The molecule has 1 aromatic heterocycles. The second kappa shape index (κ2) is 8.74. The molecule has 1 amide bonds. The van der Waals surface area contributed by atoms with Crippen molar-refractivity contribution in [3.05, 3.63) is 23.4 Å². The number of hydrogen-bond donors (Lipinski definition) is 3. The Morgan fingerprint density at radius 2 is 2.19 bits per heavy atom. The Balaban J connectivity index is 2.68. The van der Waals surface area contributed by atoms with Gasteiger partial charge in [-0.05, 0) is 25.0 Å². The van der Waals surface area contributed by atoms with Crippen LogP contribution >= 0.6 is 0 Å². The first-order chi connectivity index (χ1) is 9.97. The lowest BCUT2D eigenvalue weighted by Gasteiger charge is -2.11. The summed E-state index contributed by atoms with van der Waals surface area (Å²) < 4.78 is 11.3. The van der Waals surface area contributed by atoms with Gasteiger partial charge in [-0.15, -0.1) is 0 Å². The maximum absolute atomic E-state index is 12.1. The van der Waals surface area contributed by atoms with Crippen molar-refractivity contribution in [3.8, 4) is 0 Å². The van der Waals surface area contributed by atoms with Gasteiger partial charge in [0, 0.05) is 40.1 Å². The minimum Gasteiger partial charge on any atom is -0.352 e. The molecule has 1 rings (SSSR count). The quantitative estimate of drug-likeness (QED) is 0.495. The van der Waals surface area contributed by atoms with Crippen molar-refractivity contribution >= 4 is 22.5 Å². The summed E-state index contributed by atoms with van der Waals surface area (Å²) in [7, 11) is -0.869. The number of carbonyl (C=O) groups excluding carboxylic acids is 1. The van der Waals surface area contributed by atoms with Crippen LogP contribution in [0.1, 0.15) is 42.7 Å². The third-order valence-corrected chi connectivity index (χ3v) is 4.57. The molecule has 6 nitrogen and oxygen atoms in total. The van der Waals surface area contributed by atoms with Crippen molar-refractivity contribution in [2.45, 2.75) is 38.4 Å². The number of hydrogen-bond acceptors (Lipinski definition) is 5. The zero-order valence-corrected chi connectivity index (χ0v) is 13.6. The highest BCUT2D eigenvalue weighted by Gasteiger charge is 2.11. The molecule has 0 aromatic carbocycles. The lowest BCUT2D eigenvalue weighted by molar-refractivity contribution is 0.0953. The van der Waals surface area contributed by atoms with Gasteiger partial charge in [0.1, 0.15) is 5.82 Å². The van der Waals surface area contributed by atoms with Crippen LogP contribution in [0.5, 0.6) is 0 Å². The van der Waals surface area contributed by atoms with Crippen molar-refractivity contribution in [2.75, 3.05) is 18.2 Å². The van der Waals surface area contributed by atoms with E-state index >= 15 is 0 Å². The summed E-state index contributed by atoms with van der Waals surface area (Å²) in [5.41, 5.74) is 3.85. The monoisotopic (exact) mass is 312 g/mol. The fourth-order valence-corrected chi connectivity index (χ4v) is 2.28. The van der Waals surface area contributed by atoms with E-state index in [4.69, 9.17) is 5.84 Å². The lowest BCUT2D eigenvalue weighted by Crippen LogP contribution is -2.28. The van der Waals surface area contributed by atoms with Gasteiger partial charge in [-0.1, -0.05) is 20.3 Å². The molecule has 0 aliphatic rings. The molecular weight excluding hydrogens is 288 g/mol. The van der Waals surface area contributed by atoms with Crippen LogP contribution < -0.4 is 16.6 Å². The second-order valence-corrected chi connectivity index (χ2v) is 6.78. The van der Waals surface area contributed by atoms with E-state index in [1.165, 1.54) is 0 Å². The number of amides is 1. The van der Waals surface area contributed by atoms with Crippen LogP contribution in [0.4, 0.5) is 5.82 Å². The molecule has 0 radical (unpaired) electrons. The predicted molar refractivity (Wildman–Crippen MR) is 86.5 cm³/mol. The predicted octanol–water partition coefficient (Wildman–Crippen LogP) is 1.21. The molecule has 0 aliphatic heterocycles. The highest BCUT2D eigenvalue weighted by atomic mass is 32.2. The van der Waals surface area contributed by atoms with Crippen LogP contribution in [0.3, 0.4) is 0 Å². The molecule has 1 aromatic rings. The average molecular weight is 312 g/mol. The Labute approximate surface area is 128 Å². The van der Waals surface area contributed by atoms with Gasteiger partial charge in [0.2, 0.25) is 0 Å². The van der Waals surface area contributed by atoms with Gasteiger partial charge in [0.25, 0.3) is 5.91 Å². The molecule has 7 heteroatoms. The van der Waals surface area contributed by atoms with Crippen molar-refractivity contribution in [1.29, 1.82) is 0 Å². The fraction of sp³-hybridized carbons (Fsp3) is 0.571. The first-order valence-electron chi connectivity index (χ1n) is 7.06. The number of nitrogens with zero attached hydrogens (tertiary/aromatic N) is 1. The Bertz CT molecular complexity index is 508. The van der Waals surface area contributed by atoms with Crippen LogP contribution in [0.2, 0.25) is 0 Å². The third-order valence-electron chi connectivity index (χ3n) is 3.20. The molecule has 2 unspecified atom stereocenters. The standard InChI is InChI=1S/C14H24N4O2S/c1-4-5-12-8-11(9-13(17-12)18-15)14(19)16-7-6-10(2)21(3)20/h8-10H,4-7,15H2,1-3H3,(H,16,19)(H,17,18). The maximum Gasteiger partial charge on any atom is 0.251 e. The molecule has 1 heterocycles. The normalized spacial score (nSPS) is 13.5. The molecule has 118 valence electrons. The number of carbonyl (C=O) groups is 1. The van der Waals surface area contributed by atoms with E-state index in [0.717, 1.165) is 18.5 Å². The van der Waals surface area contributed by atoms with E-state index in [1.54, 1.807) is 18.4 Å². The van der Waals surface area contributed by atoms with Crippen molar-refractivity contribution in [3.63, 3.8) is 0 Å². The smallest absolute Gasteiger partial charge is 0.251 e. The first kappa shape index (κ1) is 17.6. The molecule has 0 fully saturated rings. The number of rotatable bonds is 8. The van der Waals surface area contributed by atoms with Crippen molar-refractivity contribution in [1.82, 2.24) is 10.3 Å². The van der Waals surface area contributed by atoms with Gasteiger partial charge in [0.15, 0.2) is 0 Å². The fourth-order valence-electron chi connectivity index (χ4n) is 1.83. The van der Waals surface area contributed by atoms with E-state index in [9.17, 15) is 9.00 Å². The minimum absolute atomic E-state index is 0.0691. The van der Waals surface area contributed by atoms with Crippen LogP contribution in [-0.4, -0.2) is 33.2 Å². The summed E-state index contributed by atoms with van der Waals surface area (Å²) in [6, 6.07) is 3.40. The zero-order chi connectivity index (χ0) is 15.8. The number of hydrazine groups is 1. The number of nitrogens with two attached hydrogens (primary N) is 1. The molecular formula is C14H24N4O2S. The first-order valence-corrected chi connectivity index (χ1v) is 8.68. The Kier molecular flexibility index (Phi) is 7.31. The Morgan fingerprint density at radius 3 is 2.76 bits per heavy atom. The van der Waals surface area contributed by atoms with Crippen LogP contribution in [0.25, 0.3) is 0 Å². The van der Waals surface area contributed by atoms with Gasteiger partial charge in [-0.25, -0.2) is 10.8 Å². The van der Waals surface area contributed by atoms with Gasteiger partial charge in [0.05, 0.1) is 0 Å². The summed E-state index contributed by atoms with van der Waals surface area (Å²) in [5, 5.41) is 2.90. The van der Waals surface area contributed by atoms with Gasteiger partial charge < -0.3 is 10.7 Å². The van der Waals surface area contributed by atoms with Crippen LogP contribution in [0, 0.1) is 0 Å². The van der Waals surface area contributed by atoms with Gasteiger partial charge in [-0.3, -0.25) is 9.00 Å². The molecule has 2 atom stereocenters. The van der Waals surface area contributed by atoms with E-state index in [-0.39, 0.29) is 11.2 Å². The third kappa shape index (κ3) is 5.81. The van der Waals surface area contributed by atoms with E-state index in [0.29, 0.717) is 24.3 Å². The summed E-state index contributed by atoms with van der Waals surface area (Å²) in [6.07, 6.45) is 4.10. The topological polar surface area (TPSA) is 97.1 Å². The molecule has 4 N–H and O–H groups in total. The largest absolute Gasteiger partial charge is 0.352 e. The molecule has 0 aliphatic carbocycles. The molecule has 0 saturated carbocycles. The number of aromatic nitrogens is 1. The number of anilines is 1. The summed E-state index contributed by atoms with van der Waals surface area (Å²) >= 11 is 0. The molecule has 21 heavy (non-hydrogen) atoms. The SMILES string of the molecule is CCCc1cc(C(=O)NCCC(C)S(C)=O)cc(NN)n1. The summed E-state index contributed by atoms with van der Waals surface area (Å²) in [6.45, 7) is 4.46. The van der Waals surface area contributed by atoms with E-state index in [2.05, 4.69) is 22.7 Å². The van der Waals surface area contributed by atoms with Crippen molar-refractivity contribution < 1.29 is 9.00 Å². The zero-order valence-electron chi connectivity index (χ0n) is 12.8. The van der Waals surface area contributed by atoms with Gasteiger partial charge in [-0.2, -0.15) is 0 Å². The summed E-state index contributed by atoms with van der Waals surface area (Å²) in [5.74, 6) is 5.69. The van der Waals surface area contributed by atoms with E-state index < -0.39 is 10.8 Å². The second-order valence-electron chi connectivity index (χ2n) is 4.98. The highest BCUT2D eigenvalue weighted by Crippen LogP contribution is 2.11. The van der Waals surface area contributed by atoms with Crippen LogP contribution in [-0.2, 0) is 17.2 Å². The van der Waals surface area contributed by atoms with Crippen molar-refractivity contribution in [2.24, 2.45) is 5.84 Å². The Morgan fingerprint density at radius 1 is 1.48 bits per heavy atom. The molecule has 0 saturated heterocycles. The number of pyridine rings is 1. The lowest BCUT2D eigenvalue weighted by atomic mass is 10.1. The van der Waals surface area contributed by atoms with Crippen LogP contribution in [0.15, 0.2) is 12.1 Å². The average Bonchev–Trinajstić information content (AvgIpc) is 2.46. The Hall–Kier alpha value is -1.47.